The molecule has 2 amide bonds. The van der Waals surface area contributed by atoms with Gasteiger partial charge in [0.2, 0.25) is 5.91 Å². The predicted molar refractivity (Wildman–Crippen MR) is 121 cm³/mol. The van der Waals surface area contributed by atoms with Gasteiger partial charge in [0.15, 0.2) is 0 Å². The van der Waals surface area contributed by atoms with Crippen molar-refractivity contribution in [2.24, 2.45) is 5.41 Å². The molecule has 3 heterocycles. The minimum atomic E-state index is -0.715. The molecule has 1 aliphatic heterocycles. The fourth-order valence-corrected chi connectivity index (χ4v) is 4.56. The van der Waals surface area contributed by atoms with E-state index in [4.69, 9.17) is 0 Å². The van der Waals surface area contributed by atoms with Crippen LogP contribution in [0.1, 0.15) is 41.4 Å². The number of piperidine rings is 1. The molecule has 0 bridgehead atoms. The van der Waals surface area contributed by atoms with Crippen LogP contribution in [0.5, 0.6) is 0 Å². The van der Waals surface area contributed by atoms with E-state index >= 15 is 0 Å². The monoisotopic (exact) mass is 432 g/mol. The smallest absolute Gasteiger partial charge is 0.257 e. The number of rotatable bonds is 6. The summed E-state index contributed by atoms with van der Waals surface area (Å²) >= 11 is 0. The third-order valence-electron chi connectivity index (χ3n) is 6.16. The number of aromatic amines is 1. The summed E-state index contributed by atoms with van der Waals surface area (Å²) < 4.78 is 0. The van der Waals surface area contributed by atoms with Gasteiger partial charge in [-0.3, -0.25) is 14.7 Å². The van der Waals surface area contributed by atoms with Crippen molar-refractivity contribution in [3.05, 3.63) is 66.0 Å². The second kappa shape index (κ2) is 9.30. The first-order chi connectivity index (χ1) is 15.5. The molecule has 0 aliphatic carbocycles. The Bertz CT molecular complexity index is 1100. The predicted octanol–water partition coefficient (Wildman–Crippen LogP) is 2.78. The molecule has 1 aromatic carbocycles. The molecule has 0 unspecified atom stereocenters. The number of carbonyl (C=O) groups is 2. The van der Waals surface area contributed by atoms with E-state index in [2.05, 4.69) is 25.5 Å². The number of likely N-dealkylation sites (tertiary alicyclic amines) is 1. The van der Waals surface area contributed by atoms with Crippen LogP contribution in [0.2, 0.25) is 0 Å². The van der Waals surface area contributed by atoms with Crippen LogP contribution in [0.15, 0.2) is 49.2 Å². The summed E-state index contributed by atoms with van der Waals surface area (Å²) in [5.74, 6) is -0.102. The lowest BCUT2D eigenvalue weighted by atomic mass is 9.73. The van der Waals surface area contributed by atoms with Gasteiger partial charge in [-0.15, -0.1) is 0 Å². The fourth-order valence-electron chi connectivity index (χ4n) is 4.56. The quantitative estimate of drug-likeness (QED) is 0.623. The number of carbonyl (C=O) groups excluding carboxylic acids is 2. The first kappa shape index (κ1) is 21.7. The van der Waals surface area contributed by atoms with E-state index in [0.717, 1.165) is 28.8 Å². The molecule has 0 radical (unpaired) electrons. The standard InChI is InChI=1S/C24H28N6O2/c1-3-27-23(32)24(9-6-10-30(15-24)22(31)21-14-28-29-17(21)2)11-18-7-4-5-8-20(18)19-12-25-16-26-13-19/h4-5,7-8,12-14,16H,3,6,9-11,15H2,1-2H3,(H,27,32)(H,28,29)/t24-/m1/s1. The summed E-state index contributed by atoms with van der Waals surface area (Å²) in [7, 11) is 0. The van der Waals surface area contributed by atoms with Crippen LogP contribution in [0, 0.1) is 12.3 Å². The summed E-state index contributed by atoms with van der Waals surface area (Å²) in [6.45, 7) is 5.28. The van der Waals surface area contributed by atoms with Gasteiger partial charge in [-0.1, -0.05) is 24.3 Å². The second-order valence-electron chi connectivity index (χ2n) is 8.34. The summed E-state index contributed by atoms with van der Waals surface area (Å²) in [5.41, 5.74) is 3.53. The van der Waals surface area contributed by atoms with Gasteiger partial charge in [0.05, 0.1) is 17.2 Å². The Hall–Kier alpha value is -3.55. The van der Waals surface area contributed by atoms with Crippen molar-refractivity contribution in [1.82, 2.24) is 30.4 Å². The number of benzene rings is 1. The van der Waals surface area contributed by atoms with Crippen LogP contribution < -0.4 is 5.32 Å². The van der Waals surface area contributed by atoms with Crippen molar-refractivity contribution >= 4 is 11.8 Å². The van der Waals surface area contributed by atoms with Crippen molar-refractivity contribution in [3.8, 4) is 11.1 Å². The van der Waals surface area contributed by atoms with E-state index in [1.165, 1.54) is 6.33 Å². The molecule has 0 saturated carbocycles. The number of nitrogens with one attached hydrogen (secondary N) is 2. The SMILES string of the molecule is CCNC(=O)[C@@]1(Cc2ccccc2-c2cncnc2)CCCN(C(=O)c2cn[nH]c2C)C1. The molecule has 1 saturated heterocycles. The molecule has 2 aromatic heterocycles. The molecule has 8 nitrogen and oxygen atoms in total. The first-order valence-corrected chi connectivity index (χ1v) is 10.9. The number of amides is 2. The highest BCUT2D eigenvalue weighted by atomic mass is 16.2. The Kier molecular flexibility index (Phi) is 6.30. The summed E-state index contributed by atoms with van der Waals surface area (Å²) in [6.07, 6.45) is 8.63. The second-order valence-corrected chi connectivity index (χ2v) is 8.34. The van der Waals surface area contributed by atoms with Gasteiger partial charge >= 0.3 is 0 Å². The van der Waals surface area contributed by atoms with E-state index in [9.17, 15) is 9.59 Å². The minimum absolute atomic E-state index is 0.0134. The molecule has 1 atom stereocenters. The third kappa shape index (κ3) is 4.26. The highest BCUT2D eigenvalue weighted by Crippen LogP contribution is 2.37. The lowest BCUT2D eigenvalue weighted by molar-refractivity contribution is -0.133. The van der Waals surface area contributed by atoms with E-state index in [-0.39, 0.29) is 11.8 Å². The number of aromatic nitrogens is 4. The van der Waals surface area contributed by atoms with E-state index in [1.807, 2.05) is 38.1 Å². The lowest BCUT2D eigenvalue weighted by Crippen LogP contribution is -2.54. The molecule has 0 spiro atoms. The maximum atomic E-state index is 13.4. The van der Waals surface area contributed by atoms with Crippen molar-refractivity contribution in [2.75, 3.05) is 19.6 Å². The normalized spacial score (nSPS) is 18.4. The Balaban J connectivity index is 1.69. The molecule has 3 aromatic rings. The lowest BCUT2D eigenvalue weighted by Gasteiger charge is -2.42. The Morgan fingerprint density at radius 1 is 1.19 bits per heavy atom. The van der Waals surface area contributed by atoms with Crippen LogP contribution in [0.25, 0.3) is 11.1 Å². The van der Waals surface area contributed by atoms with Gasteiger partial charge in [-0.25, -0.2) is 9.97 Å². The zero-order chi connectivity index (χ0) is 22.6. The molecular weight excluding hydrogens is 404 g/mol. The molecule has 2 N–H and O–H groups in total. The average molecular weight is 433 g/mol. The Labute approximate surface area is 187 Å². The summed E-state index contributed by atoms with van der Waals surface area (Å²) in [5, 5.41) is 9.84. The van der Waals surface area contributed by atoms with Gasteiger partial charge in [0, 0.05) is 43.3 Å². The zero-order valence-electron chi connectivity index (χ0n) is 18.5. The van der Waals surface area contributed by atoms with Crippen molar-refractivity contribution in [2.45, 2.75) is 33.1 Å². The van der Waals surface area contributed by atoms with Crippen molar-refractivity contribution in [3.63, 3.8) is 0 Å². The van der Waals surface area contributed by atoms with E-state index in [1.54, 1.807) is 23.5 Å². The van der Waals surface area contributed by atoms with E-state index in [0.29, 0.717) is 38.0 Å². The molecule has 1 fully saturated rings. The fraction of sp³-hybridized carbons (Fsp3) is 0.375. The molecule has 1 aliphatic rings. The van der Waals surface area contributed by atoms with Crippen LogP contribution in [-0.2, 0) is 11.2 Å². The third-order valence-corrected chi connectivity index (χ3v) is 6.16. The molecular formula is C24H28N6O2. The van der Waals surface area contributed by atoms with Crippen LogP contribution in [-0.4, -0.2) is 56.5 Å². The molecule has 166 valence electrons. The maximum absolute atomic E-state index is 13.4. The van der Waals surface area contributed by atoms with Gasteiger partial charge in [-0.05, 0) is 44.2 Å². The number of aryl methyl sites for hydroxylation is 1. The summed E-state index contributed by atoms with van der Waals surface area (Å²) in [6, 6.07) is 8.03. The van der Waals surface area contributed by atoms with Crippen molar-refractivity contribution in [1.29, 1.82) is 0 Å². The summed E-state index contributed by atoms with van der Waals surface area (Å²) in [4.78, 5) is 36.7. The minimum Gasteiger partial charge on any atom is -0.356 e. The van der Waals surface area contributed by atoms with Gasteiger partial charge < -0.3 is 10.2 Å². The Morgan fingerprint density at radius 3 is 2.69 bits per heavy atom. The number of hydrogen-bond acceptors (Lipinski definition) is 5. The largest absolute Gasteiger partial charge is 0.356 e. The molecule has 8 heteroatoms. The van der Waals surface area contributed by atoms with Gasteiger partial charge in [-0.2, -0.15) is 5.10 Å². The molecule has 4 rings (SSSR count). The highest BCUT2D eigenvalue weighted by molar-refractivity contribution is 5.95. The average Bonchev–Trinajstić information content (AvgIpc) is 3.25. The first-order valence-electron chi connectivity index (χ1n) is 10.9. The highest BCUT2D eigenvalue weighted by Gasteiger charge is 2.44. The topological polar surface area (TPSA) is 104 Å². The van der Waals surface area contributed by atoms with Gasteiger partial charge in [0.1, 0.15) is 6.33 Å². The van der Waals surface area contributed by atoms with E-state index < -0.39 is 5.41 Å². The van der Waals surface area contributed by atoms with Crippen molar-refractivity contribution < 1.29 is 9.59 Å². The number of hydrogen-bond donors (Lipinski definition) is 2. The van der Waals surface area contributed by atoms with Crippen LogP contribution in [0.3, 0.4) is 0 Å². The van der Waals surface area contributed by atoms with Gasteiger partial charge in [0.25, 0.3) is 5.91 Å². The van der Waals surface area contributed by atoms with Crippen LogP contribution in [0.4, 0.5) is 0 Å². The number of nitrogens with zero attached hydrogens (tertiary/aromatic N) is 4. The zero-order valence-corrected chi connectivity index (χ0v) is 18.5. The Morgan fingerprint density at radius 2 is 1.97 bits per heavy atom. The molecule has 32 heavy (non-hydrogen) atoms. The number of H-pyrrole nitrogens is 1. The maximum Gasteiger partial charge on any atom is 0.257 e. The van der Waals surface area contributed by atoms with Crippen LogP contribution >= 0.6 is 0 Å².